The summed E-state index contributed by atoms with van der Waals surface area (Å²) in [5.41, 5.74) is 0.548. The minimum atomic E-state index is -0.106. The first-order valence-corrected chi connectivity index (χ1v) is 7.16. The van der Waals surface area contributed by atoms with Crippen LogP contribution in [0.5, 0.6) is 0 Å². The van der Waals surface area contributed by atoms with Crippen molar-refractivity contribution in [1.29, 1.82) is 0 Å². The molecular formula is C15H32O. The van der Waals surface area contributed by atoms with Gasteiger partial charge < -0.3 is 5.11 Å². The molecule has 0 radical (unpaired) electrons. The molecule has 0 aromatic rings. The summed E-state index contributed by atoms with van der Waals surface area (Å²) in [7, 11) is 0. The van der Waals surface area contributed by atoms with E-state index in [4.69, 9.17) is 5.11 Å². The fraction of sp³-hybridized carbons (Fsp3) is 1.00. The van der Waals surface area contributed by atoms with Crippen molar-refractivity contribution >= 4 is 0 Å². The summed E-state index contributed by atoms with van der Waals surface area (Å²) in [4.78, 5) is 0. The smallest absolute Gasteiger partial charge is 0.0512 e. The van der Waals surface area contributed by atoms with E-state index in [1.165, 1.54) is 51.4 Å². The second kappa shape index (κ2) is 9.04. The van der Waals surface area contributed by atoms with Gasteiger partial charge in [0.1, 0.15) is 0 Å². The number of hydrogen-bond acceptors (Lipinski definition) is 1. The molecule has 0 aromatic carbocycles. The SMILES string of the molecule is CCC(C)(C)CCCCCCCCC(C)O. The molecule has 0 saturated heterocycles. The Morgan fingerprint density at radius 2 is 1.44 bits per heavy atom. The molecule has 0 fully saturated rings. The molecule has 0 heterocycles. The van der Waals surface area contributed by atoms with E-state index in [0.29, 0.717) is 5.41 Å². The summed E-state index contributed by atoms with van der Waals surface area (Å²) in [6, 6.07) is 0. The lowest BCUT2D eigenvalue weighted by Crippen LogP contribution is -2.08. The standard InChI is InChI=1S/C15H32O/c1-5-15(3,4)13-11-9-7-6-8-10-12-14(2)16/h14,16H,5-13H2,1-4H3. The molecule has 1 atom stereocenters. The Kier molecular flexibility index (Phi) is 9.02. The maximum Gasteiger partial charge on any atom is 0.0512 e. The van der Waals surface area contributed by atoms with Crippen LogP contribution in [0.3, 0.4) is 0 Å². The molecule has 0 aliphatic heterocycles. The zero-order valence-corrected chi connectivity index (χ0v) is 11.9. The average Bonchev–Trinajstić information content (AvgIpc) is 2.21. The Bertz CT molecular complexity index is 150. The van der Waals surface area contributed by atoms with Gasteiger partial charge in [-0.15, -0.1) is 0 Å². The van der Waals surface area contributed by atoms with Crippen molar-refractivity contribution in [3.8, 4) is 0 Å². The lowest BCUT2D eigenvalue weighted by molar-refractivity contribution is 0.180. The number of aliphatic hydroxyl groups is 1. The van der Waals surface area contributed by atoms with Crippen LogP contribution in [0.15, 0.2) is 0 Å². The Hall–Kier alpha value is -0.0400. The zero-order chi connectivity index (χ0) is 12.4. The Labute approximate surface area is 103 Å². The van der Waals surface area contributed by atoms with E-state index >= 15 is 0 Å². The second-order valence-electron chi connectivity index (χ2n) is 6.03. The molecule has 0 aromatic heterocycles. The molecule has 1 nitrogen and oxygen atoms in total. The molecule has 1 N–H and O–H groups in total. The summed E-state index contributed by atoms with van der Waals surface area (Å²) in [6.45, 7) is 8.91. The maximum absolute atomic E-state index is 9.11. The van der Waals surface area contributed by atoms with Gasteiger partial charge in [-0.3, -0.25) is 0 Å². The lowest BCUT2D eigenvalue weighted by atomic mass is 9.84. The van der Waals surface area contributed by atoms with Gasteiger partial charge in [0.2, 0.25) is 0 Å². The maximum atomic E-state index is 9.11. The van der Waals surface area contributed by atoms with Crippen LogP contribution in [0.4, 0.5) is 0 Å². The second-order valence-corrected chi connectivity index (χ2v) is 6.03. The fourth-order valence-electron chi connectivity index (χ4n) is 1.93. The number of unbranched alkanes of at least 4 members (excludes halogenated alkanes) is 5. The highest BCUT2D eigenvalue weighted by atomic mass is 16.3. The van der Waals surface area contributed by atoms with Gasteiger partial charge in [-0.05, 0) is 25.2 Å². The molecular weight excluding hydrogens is 196 g/mol. The van der Waals surface area contributed by atoms with Gasteiger partial charge in [-0.2, -0.15) is 0 Å². The van der Waals surface area contributed by atoms with Crippen LogP contribution in [0, 0.1) is 5.41 Å². The quantitative estimate of drug-likeness (QED) is 0.526. The molecule has 0 saturated carbocycles. The van der Waals surface area contributed by atoms with E-state index in [1.807, 2.05) is 6.92 Å². The van der Waals surface area contributed by atoms with E-state index in [2.05, 4.69) is 20.8 Å². The summed E-state index contributed by atoms with van der Waals surface area (Å²) < 4.78 is 0. The van der Waals surface area contributed by atoms with Crippen molar-refractivity contribution in [2.75, 3.05) is 0 Å². The molecule has 0 amide bonds. The van der Waals surface area contributed by atoms with E-state index < -0.39 is 0 Å². The van der Waals surface area contributed by atoms with Crippen LogP contribution < -0.4 is 0 Å². The molecule has 0 bridgehead atoms. The number of rotatable bonds is 10. The molecule has 1 unspecified atom stereocenters. The third-order valence-corrected chi connectivity index (χ3v) is 3.68. The molecule has 1 heteroatoms. The van der Waals surface area contributed by atoms with Crippen molar-refractivity contribution in [2.45, 2.75) is 91.6 Å². The van der Waals surface area contributed by atoms with Crippen molar-refractivity contribution in [3.05, 3.63) is 0 Å². The predicted octanol–water partition coefficient (Wildman–Crippen LogP) is 4.92. The summed E-state index contributed by atoms with van der Waals surface area (Å²) >= 11 is 0. The largest absolute Gasteiger partial charge is 0.393 e. The summed E-state index contributed by atoms with van der Waals surface area (Å²) in [5.74, 6) is 0. The van der Waals surface area contributed by atoms with E-state index in [1.54, 1.807) is 0 Å². The van der Waals surface area contributed by atoms with Gasteiger partial charge in [0.25, 0.3) is 0 Å². The monoisotopic (exact) mass is 228 g/mol. The van der Waals surface area contributed by atoms with Crippen molar-refractivity contribution in [3.63, 3.8) is 0 Å². The topological polar surface area (TPSA) is 20.2 Å². The summed E-state index contributed by atoms with van der Waals surface area (Å²) in [5, 5.41) is 9.11. The highest BCUT2D eigenvalue weighted by Crippen LogP contribution is 2.27. The van der Waals surface area contributed by atoms with Crippen molar-refractivity contribution < 1.29 is 5.11 Å². The Balaban J connectivity index is 3.16. The normalized spacial score (nSPS) is 14.1. The molecule has 0 rings (SSSR count). The fourth-order valence-corrected chi connectivity index (χ4v) is 1.93. The Morgan fingerprint density at radius 1 is 0.938 bits per heavy atom. The predicted molar refractivity (Wildman–Crippen MR) is 72.7 cm³/mol. The first-order valence-electron chi connectivity index (χ1n) is 7.16. The number of aliphatic hydroxyl groups excluding tert-OH is 1. The van der Waals surface area contributed by atoms with Crippen LogP contribution in [-0.2, 0) is 0 Å². The molecule has 0 spiro atoms. The first-order chi connectivity index (χ1) is 7.48. The van der Waals surface area contributed by atoms with Crippen LogP contribution in [0.25, 0.3) is 0 Å². The van der Waals surface area contributed by atoms with E-state index in [9.17, 15) is 0 Å². The van der Waals surface area contributed by atoms with Gasteiger partial charge in [0.05, 0.1) is 6.10 Å². The molecule has 16 heavy (non-hydrogen) atoms. The molecule has 98 valence electrons. The molecule has 0 aliphatic carbocycles. The number of hydrogen-bond donors (Lipinski definition) is 1. The highest BCUT2D eigenvalue weighted by molar-refractivity contribution is 4.65. The highest BCUT2D eigenvalue weighted by Gasteiger charge is 2.13. The van der Waals surface area contributed by atoms with Crippen LogP contribution >= 0.6 is 0 Å². The van der Waals surface area contributed by atoms with Crippen molar-refractivity contribution in [2.24, 2.45) is 5.41 Å². The minimum Gasteiger partial charge on any atom is -0.393 e. The minimum absolute atomic E-state index is 0.106. The van der Waals surface area contributed by atoms with Gasteiger partial charge in [-0.25, -0.2) is 0 Å². The van der Waals surface area contributed by atoms with E-state index in [0.717, 1.165) is 6.42 Å². The van der Waals surface area contributed by atoms with Gasteiger partial charge >= 0.3 is 0 Å². The van der Waals surface area contributed by atoms with Gasteiger partial charge in [0, 0.05) is 0 Å². The molecule has 0 aliphatic rings. The van der Waals surface area contributed by atoms with E-state index in [-0.39, 0.29) is 6.10 Å². The third kappa shape index (κ3) is 10.5. The van der Waals surface area contributed by atoms with Gasteiger partial charge in [0.15, 0.2) is 0 Å². The van der Waals surface area contributed by atoms with Gasteiger partial charge in [-0.1, -0.05) is 65.7 Å². The van der Waals surface area contributed by atoms with Crippen LogP contribution in [0.1, 0.15) is 85.5 Å². The van der Waals surface area contributed by atoms with Crippen LogP contribution in [-0.4, -0.2) is 11.2 Å². The lowest BCUT2D eigenvalue weighted by Gasteiger charge is -2.22. The first kappa shape index (κ1) is 16.0. The third-order valence-electron chi connectivity index (χ3n) is 3.68. The zero-order valence-electron chi connectivity index (χ0n) is 11.9. The average molecular weight is 228 g/mol. The summed E-state index contributed by atoms with van der Waals surface area (Å²) in [6.07, 6.45) is 11.5. The Morgan fingerprint density at radius 3 is 1.94 bits per heavy atom. The van der Waals surface area contributed by atoms with Crippen LogP contribution in [0.2, 0.25) is 0 Å². The van der Waals surface area contributed by atoms with Crippen molar-refractivity contribution in [1.82, 2.24) is 0 Å².